The molecule has 2 heterocycles. The van der Waals surface area contributed by atoms with Gasteiger partial charge in [-0.2, -0.15) is 0 Å². The van der Waals surface area contributed by atoms with Crippen LogP contribution >= 0.6 is 0 Å². The van der Waals surface area contributed by atoms with E-state index in [0.29, 0.717) is 40.3 Å². The summed E-state index contributed by atoms with van der Waals surface area (Å²) in [5, 5.41) is 12.4. The maximum Gasteiger partial charge on any atom is 0.335 e. The Morgan fingerprint density at radius 3 is 2.35 bits per heavy atom. The maximum atomic E-state index is 13.4. The number of benzene rings is 2. The lowest BCUT2D eigenvalue weighted by atomic mass is 9.81. The molecule has 3 aromatic rings. The number of carboxylic acids is 1. The second kappa shape index (κ2) is 6.66. The van der Waals surface area contributed by atoms with Crippen LogP contribution in [-0.2, 0) is 6.54 Å². The van der Waals surface area contributed by atoms with Crippen molar-refractivity contribution in [2.24, 2.45) is 0 Å². The summed E-state index contributed by atoms with van der Waals surface area (Å²) in [5.74, 6) is -1.69. The number of nitrogens with zero attached hydrogens (tertiary/aromatic N) is 1. The Hall–Kier alpha value is -4.20. The molecule has 1 aliphatic carbocycles. The number of carbonyl (C=O) groups is 2. The van der Waals surface area contributed by atoms with Crippen LogP contribution in [0, 0.1) is 0 Å². The summed E-state index contributed by atoms with van der Waals surface area (Å²) in [4.78, 5) is 52.4. The van der Waals surface area contributed by atoms with Gasteiger partial charge in [0.15, 0.2) is 5.78 Å². The van der Waals surface area contributed by atoms with Crippen molar-refractivity contribution in [2.45, 2.75) is 19.4 Å². The number of hydrogen-bond donors (Lipinski definition) is 3. The molecule has 1 aromatic heterocycles. The van der Waals surface area contributed by atoms with Crippen LogP contribution in [0.1, 0.15) is 50.2 Å². The molecule has 0 saturated heterocycles. The van der Waals surface area contributed by atoms with E-state index in [-0.39, 0.29) is 16.9 Å². The van der Waals surface area contributed by atoms with E-state index in [1.165, 1.54) is 16.7 Å². The first-order chi connectivity index (χ1) is 14.9. The predicted molar refractivity (Wildman–Crippen MR) is 114 cm³/mol. The normalized spacial score (nSPS) is 16.4. The molecular weight excluding hydrogens is 398 g/mol. The number of fused-ring (bicyclic) bond motifs is 3. The maximum absolute atomic E-state index is 13.4. The minimum atomic E-state index is -1.07. The number of H-pyrrole nitrogens is 1. The Labute approximate surface area is 175 Å². The molecule has 8 heteroatoms. The molecule has 0 saturated carbocycles. The number of nitrogens with one attached hydrogen (secondary N) is 2. The third kappa shape index (κ3) is 2.61. The summed E-state index contributed by atoms with van der Waals surface area (Å²) in [5.41, 5.74) is 2.01. The van der Waals surface area contributed by atoms with E-state index in [1.807, 2.05) is 12.1 Å². The van der Waals surface area contributed by atoms with Crippen molar-refractivity contribution in [1.82, 2.24) is 9.55 Å². The first-order valence-corrected chi connectivity index (χ1v) is 9.78. The zero-order valence-electron chi connectivity index (χ0n) is 16.4. The van der Waals surface area contributed by atoms with Gasteiger partial charge < -0.3 is 10.4 Å². The third-order valence-electron chi connectivity index (χ3n) is 5.82. The highest BCUT2D eigenvalue weighted by Crippen LogP contribution is 2.47. The summed E-state index contributed by atoms with van der Waals surface area (Å²) in [6.45, 7) is 2.10. The van der Waals surface area contributed by atoms with E-state index in [1.54, 1.807) is 31.2 Å². The fourth-order valence-electron chi connectivity index (χ4n) is 4.42. The molecule has 0 fully saturated rings. The van der Waals surface area contributed by atoms with Gasteiger partial charge in [0.05, 0.1) is 16.8 Å². The highest BCUT2D eigenvalue weighted by Gasteiger charge is 2.42. The van der Waals surface area contributed by atoms with Gasteiger partial charge >= 0.3 is 11.7 Å². The molecule has 1 aliphatic heterocycles. The first kappa shape index (κ1) is 18.8. The van der Waals surface area contributed by atoms with E-state index in [2.05, 4.69) is 10.3 Å². The summed E-state index contributed by atoms with van der Waals surface area (Å²) >= 11 is 0. The molecule has 0 radical (unpaired) electrons. The zero-order valence-corrected chi connectivity index (χ0v) is 16.4. The van der Waals surface area contributed by atoms with Gasteiger partial charge in [-0.05, 0) is 24.6 Å². The molecule has 31 heavy (non-hydrogen) atoms. The molecule has 1 atom stereocenters. The molecule has 0 spiro atoms. The number of rotatable bonds is 3. The molecule has 3 N–H and O–H groups in total. The van der Waals surface area contributed by atoms with Crippen molar-refractivity contribution in [1.29, 1.82) is 0 Å². The minimum Gasteiger partial charge on any atom is -0.478 e. The van der Waals surface area contributed by atoms with Crippen LogP contribution in [0.2, 0.25) is 0 Å². The Morgan fingerprint density at radius 1 is 1.03 bits per heavy atom. The standard InChI is InChI=1S/C23H17N3O5/c1-2-26-20-17(21(28)25-23(26)31)15(11-7-9-12(10-8-11)22(29)30)16-18(24-20)13-5-3-4-6-14(13)19(16)27/h3-10,15,24H,2H2,1H3,(H,29,30)(H,25,28,31)/t15-/m0/s1. The number of aromatic amines is 1. The summed E-state index contributed by atoms with van der Waals surface area (Å²) < 4.78 is 1.42. The quantitative estimate of drug-likeness (QED) is 0.604. The first-order valence-electron chi connectivity index (χ1n) is 9.78. The van der Waals surface area contributed by atoms with Gasteiger partial charge in [-0.25, -0.2) is 9.59 Å². The number of allylic oxidation sites excluding steroid dienone is 1. The van der Waals surface area contributed by atoms with Crippen molar-refractivity contribution in [2.75, 3.05) is 5.32 Å². The van der Waals surface area contributed by atoms with Crippen LogP contribution in [0.25, 0.3) is 5.70 Å². The van der Waals surface area contributed by atoms with Gasteiger partial charge in [0.25, 0.3) is 5.56 Å². The van der Waals surface area contributed by atoms with Crippen molar-refractivity contribution in [3.63, 3.8) is 0 Å². The molecule has 2 aromatic carbocycles. The van der Waals surface area contributed by atoms with Crippen LogP contribution in [0.3, 0.4) is 0 Å². The lowest BCUT2D eigenvalue weighted by Crippen LogP contribution is -2.38. The predicted octanol–water partition coefficient (Wildman–Crippen LogP) is 2.42. The molecule has 5 rings (SSSR count). The Bertz CT molecular complexity index is 1430. The van der Waals surface area contributed by atoms with Crippen LogP contribution in [-0.4, -0.2) is 26.4 Å². The monoisotopic (exact) mass is 415 g/mol. The van der Waals surface area contributed by atoms with E-state index in [4.69, 9.17) is 0 Å². The van der Waals surface area contributed by atoms with E-state index < -0.39 is 23.1 Å². The van der Waals surface area contributed by atoms with Gasteiger partial charge in [-0.3, -0.25) is 19.1 Å². The fraction of sp³-hybridized carbons (Fsp3) is 0.130. The van der Waals surface area contributed by atoms with E-state index in [9.17, 15) is 24.3 Å². The van der Waals surface area contributed by atoms with Crippen molar-refractivity contribution >= 4 is 23.3 Å². The molecule has 2 aliphatic rings. The number of Topliss-reactive ketones (excluding diaryl/α,β-unsaturated/α-hetero) is 1. The van der Waals surface area contributed by atoms with Crippen molar-refractivity contribution in [3.8, 4) is 0 Å². The van der Waals surface area contributed by atoms with Gasteiger partial charge in [0.1, 0.15) is 5.82 Å². The summed E-state index contributed by atoms with van der Waals surface area (Å²) in [6, 6.07) is 13.2. The van der Waals surface area contributed by atoms with E-state index >= 15 is 0 Å². The van der Waals surface area contributed by atoms with Gasteiger partial charge in [0, 0.05) is 29.2 Å². The van der Waals surface area contributed by atoms with E-state index in [0.717, 1.165) is 0 Å². The number of aromatic carboxylic acids is 1. The van der Waals surface area contributed by atoms with Crippen LogP contribution in [0.15, 0.2) is 63.7 Å². The highest BCUT2D eigenvalue weighted by molar-refractivity contribution is 6.23. The number of carboxylic acid groups (broad SMARTS) is 1. The Kier molecular flexibility index (Phi) is 4.04. The number of anilines is 1. The Balaban J connectivity index is 1.83. The lowest BCUT2D eigenvalue weighted by Gasteiger charge is -2.29. The fourth-order valence-corrected chi connectivity index (χ4v) is 4.42. The minimum absolute atomic E-state index is 0.0978. The molecular formula is C23H17N3O5. The topological polar surface area (TPSA) is 121 Å². The number of carbonyl (C=O) groups excluding carboxylic acids is 1. The summed E-state index contributed by atoms with van der Waals surface area (Å²) in [7, 11) is 0. The van der Waals surface area contributed by atoms with Crippen LogP contribution in [0.5, 0.6) is 0 Å². The number of hydrogen-bond acceptors (Lipinski definition) is 5. The SMILES string of the molecule is CCn1c2c(c(=O)[nH]c1=O)[C@@H](c1ccc(C(=O)O)cc1)C1=C(N2)c2ccccc2C1=O. The second-order valence-electron chi connectivity index (χ2n) is 7.41. The molecule has 8 nitrogen and oxygen atoms in total. The summed E-state index contributed by atoms with van der Waals surface area (Å²) in [6.07, 6.45) is 0. The lowest BCUT2D eigenvalue weighted by molar-refractivity contribution is 0.0696. The number of aromatic nitrogens is 2. The molecule has 0 bridgehead atoms. The second-order valence-corrected chi connectivity index (χ2v) is 7.41. The average Bonchev–Trinajstić information content (AvgIpc) is 3.05. The molecule has 0 amide bonds. The molecule has 0 unspecified atom stereocenters. The third-order valence-corrected chi connectivity index (χ3v) is 5.82. The number of ketones is 1. The largest absolute Gasteiger partial charge is 0.478 e. The van der Waals surface area contributed by atoms with Gasteiger partial charge in [-0.1, -0.05) is 36.4 Å². The van der Waals surface area contributed by atoms with Crippen LogP contribution < -0.4 is 16.6 Å². The highest BCUT2D eigenvalue weighted by atomic mass is 16.4. The Morgan fingerprint density at radius 2 is 1.71 bits per heavy atom. The zero-order chi connectivity index (χ0) is 21.9. The molecule has 154 valence electrons. The van der Waals surface area contributed by atoms with Crippen molar-refractivity contribution in [3.05, 3.63) is 103 Å². The van der Waals surface area contributed by atoms with Crippen molar-refractivity contribution < 1.29 is 14.7 Å². The average molecular weight is 415 g/mol. The van der Waals surface area contributed by atoms with Gasteiger partial charge in [-0.15, -0.1) is 0 Å². The van der Waals surface area contributed by atoms with Crippen LogP contribution in [0.4, 0.5) is 5.82 Å². The smallest absolute Gasteiger partial charge is 0.335 e. The van der Waals surface area contributed by atoms with Gasteiger partial charge in [0.2, 0.25) is 0 Å².